The highest BCUT2D eigenvalue weighted by Crippen LogP contribution is 2.30. The van der Waals surface area contributed by atoms with Crippen LogP contribution >= 0.6 is 0 Å². The molecule has 0 radical (unpaired) electrons. The Labute approximate surface area is 155 Å². The van der Waals surface area contributed by atoms with Crippen LogP contribution in [0.15, 0.2) is 42.5 Å². The predicted octanol–water partition coefficient (Wildman–Crippen LogP) is 3.57. The van der Waals surface area contributed by atoms with Crippen molar-refractivity contribution < 1.29 is 22.7 Å². The number of rotatable bonds is 5. The Kier molecular flexibility index (Phi) is 5.25. The first-order valence-corrected chi connectivity index (χ1v) is 8.55. The van der Waals surface area contributed by atoms with E-state index in [1.54, 1.807) is 0 Å². The average Bonchev–Trinajstić information content (AvgIpc) is 2.57. The molecule has 1 aromatic heterocycles. The summed E-state index contributed by atoms with van der Waals surface area (Å²) >= 11 is 0. The Morgan fingerprint density at radius 3 is 2.48 bits per heavy atom. The number of carbonyl (C=O) groups is 1. The number of halogens is 3. The van der Waals surface area contributed by atoms with E-state index in [1.165, 1.54) is 19.1 Å². The molecule has 0 bridgehead atoms. The number of ether oxygens (including phenoxy) is 1. The van der Waals surface area contributed by atoms with Gasteiger partial charge >= 0.3 is 6.18 Å². The summed E-state index contributed by atoms with van der Waals surface area (Å²) in [7, 11) is 0. The molecule has 2 heterocycles. The summed E-state index contributed by atoms with van der Waals surface area (Å²) in [6, 6.07) is 11.3. The number of aromatic nitrogens is 1. The number of carbonyl (C=O) groups excluding carboxylic acids is 1. The Hall–Kier alpha value is -2.77. The third kappa shape index (κ3) is 4.69. The zero-order chi connectivity index (χ0) is 19.6. The molecule has 0 aliphatic carbocycles. The minimum absolute atomic E-state index is 0.0195. The summed E-state index contributed by atoms with van der Waals surface area (Å²) in [5.41, 5.74) is 1.03. The maximum atomic E-state index is 12.7. The topological polar surface area (TPSA) is 54.5 Å². The van der Waals surface area contributed by atoms with Crippen molar-refractivity contribution >= 4 is 11.6 Å². The molecule has 1 aliphatic rings. The lowest BCUT2D eigenvalue weighted by molar-refractivity contribution is -0.141. The second-order valence-corrected chi connectivity index (χ2v) is 6.52. The smallest absolute Gasteiger partial charge is 0.433 e. The molecule has 144 valence electrons. The Morgan fingerprint density at radius 1 is 1.22 bits per heavy atom. The molecule has 1 unspecified atom stereocenters. The van der Waals surface area contributed by atoms with Crippen molar-refractivity contribution in [3.05, 3.63) is 53.7 Å². The molecule has 1 aliphatic heterocycles. The fourth-order valence-corrected chi connectivity index (χ4v) is 2.89. The van der Waals surface area contributed by atoms with Crippen molar-refractivity contribution in [2.75, 3.05) is 18.0 Å². The largest absolute Gasteiger partial charge is 0.471 e. The minimum Gasteiger partial charge on any atom is -0.471 e. The second-order valence-electron chi connectivity index (χ2n) is 6.52. The van der Waals surface area contributed by atoms with Crippen LogP contribution in [0.1, 0.15) is 31.1 Å². The molecule has 1 N–H and O–H groups in total. The van der Waals surface area contributed by atoms with Crippen molar-refractivity contribution in [3.63, 3.8) is 0 Å². The number of benzene rings is 1. The van der Waals surface area contributed by atoms with Gasteiger partial charge in [0.1, 0.15) is 11.8 Å². The predicted molar refractivity (Wildman–Crippen MR) is 94.5 cm³/mol. The Bertz CT molecular complexity index is 803. The van der Waals surface area contributed by atoms with Gasteiger partial charge in [-0.25, -0.2) is 4.98 Å². The SMILES string of the molecule is CC(=O)NC(C)c1ccc(N2CC(Oc3cccc(C(F)(F)F)n3)C2)cc1. The number of anilines is 1. The van der Waals surface area contributed by atoms with Crippen LogP contribution in [-0.4, -0.2) is 30.1 Å². The van der Waals surface area contributed by atoms with E-state index in [2.05, 4.69) is 15.2 Å². The third-order valence-electron chi connectivity index (χ3n) is 4.33. The lowest BCUT2D eigenvalue weighted by atomic mass is 10.1. The van der Waals surface area contributed by atoms with Gasteiger partial charge in [-0.2, -0.15) is 13.2 Å². The van der Waals surface area contributed by atoms with Gasteiger partial charge < -0.3 is 15.0 Å². The maximum Gasteiger partial charge on any atom is 0.433 e. The van der Waals surface area contributed by atoms with Gasteiger partial charge in [0, 0.05) is 18.7 Å². The number of pyridine rings is 1. The highest BCUT2D eigenvalue weighted by Gasteiger charge is 2.34. The first-order chi connectivity index (χ1) is 12.7. The molecule has 0 spiro atoms. The van der Waals surface area contributed by atoms with Gasteiger partial charge in [0.2, 0.25) is 11.8 Å². The van der Waals surface area contributed by atoms with Gasteiger partial charge in [-0.3, -0.25) is 4.79 Å². The molecule has 1 fully saturated rings. The van der Waals surface area contributed by atoms with Crippen molar-refractivity contribution in [1.82, 2.24) is 10.3 Å². The van der Waals surface area contributed by atoms with Crippen molar-refractivity contribution in [2.45, 2.75) is 32.2 Å². The van der Waals surface area contributed by atoms with E-state index in [1.807, 2.05) is 31.2 Å². The summed E-state index contributed by atoms with van der Waals surface area (Å²) < 4.78 is 43.6. The molecule has 1 aromatic carbocycles. The number of hydrogen-bond donors (Lipinski definition) is 1. The van der Waals surface area contributed by atoms with Gasteiger partial charge in [0.25, 0.3) is 0 Å². The van der Waals surface area contributed by atoms with Crippen LogP contribution in [0.2, 0.25) is 0 Å². The zero-order valence-corrected chi connectivity index (χ0v) is 15.0. The molecule has 2 aromatic rings. The van der Waals surface area contributed by atoms with Gasteiger partial charge in [0.15, 0.2) is 0 Å². The average molecular weight is 379 g/mol. The fourth-order valence-electron chi connectivity index (χ4n) is 2.89. The standard InChI is InChI=1S/C19H20F3N3O2/c1-12(23-13(2)26)14-6-8-15(9-7-14)25-10-16(11-25)27-18-5-3-4-17(24-18)19(20,21)22/h3-9,12,16H,10-11H2,1-2H3,(H,23,26). The van der Waals surface area contributed by atoms with Crippen LogP contribution in [0.25, 0.3) is 0 Å². The summed E-state index contributed by atoms with van der Waals surface area (Å²) in [6.07, 6.45) is -4.69. The molecule has 1 atom stereocenters. The van der Waals surface area contributed by atoms with Crippen molar-refractivity contribution in [1.29, 1.82) is 0 Å². The van der Waals surface area contributed by atoms with Crippen LogP contribution < -0.4 is 15.0 Å². The van der Waals surface area contributed by atoms with E-state index in [4.69, 9.17) is 4.74 Å². The Balaban J connectivity index is 1.55. The number of amides is 1. The number of nitrogens with one attached hydrogen (secondary N) is 1. The molecular formula is C19H20F3N3O2. The summed E-state index contributed by atoms with van der Waals surface area (Å²) in [5, 5.41) is 2.83. The minimum atomic E-state index is -4.48. The van der Waals surface area contributed by atoms with E-state index in [0.717, 1.165) is 17.3 Å². The molecule has 8 heteroatoms. The Morgan fingerprint density at radius 2 is 1.89 bits per heavy atom. The van der Waals surface area contributed by atoms with Gasteiger partial charge in [0.05, 0.1) is 19.1 Å². The van der Waals surface area contributed by atoms with E-state index in [9.17, 15) is 18.0 Å². The van der Waals surface area contributed by atoms with E-state index >= 15 is 0 Å². The van der Waals surface area contributed by atoms with Crippen molar-refractivity contribution in [2.24, 2.45) is 0 Å². The van der Waals surface area contributed by atoms with Crippen LogP contribution in [0.5, 0.6) is 5.88 Å². The monoisotopic (exact) mass is 379 g/mol. The third-order valence-corrected chi connectivity index (χ3v) is 4.33. The highest BCUT2D eigenvalue weighted by molar-refractivity contribution is 5.73. The van der Waals surface area contributed by atoms with E-state index in [-0.39, 0.29) is 23.9 Å². The van der Waals surface area contributed by atoms with Crippen LogP contribution in [0.4, 0.5) is 18.9 Å². The molecule has 27 heavy (non-hydrogen) atoms. The van der Waals surface area contributed by atoms with Gasteiger partial charge in [-0.15, -0.1) is 0 Å². The van der Waals surface area contributed by atoms with E-state index < -0.39 is 11.9 Å². The van der Waals surface area contributed by atoms with Crippen LogP contribution in [-0.2, 0) is 11.0 Å². The zero-order valence-electron chi connectivity index (χ0n) is 15.0. The highest BCUT2D eigenvalue weighted by atomic mass is 19.4. The molecular weight excluding hydrogens is 359 g/mol. The van der Waals surface area contributed by atoms with Crippen molar-refractivity contribution in [3.8, 4) is 5.88 Å². The molecule has 1 amide bonds. The van der Waals surface area contributed by atoms with E-state index in [0.29, 0.717) is 13.1 Å². The van der Waals surface area contributed by atoms with Crippen LogP contribution in [0.3, 0.4) is 0 Å². The maximum absolute atomic E-state index is 12.7. The first kappa shape index (κ1) is 19.0. The lowest BCUT2D eigenvalue weighted by Crippen LogP contribution is -2.54. The number of hydrogen-bond acceptors (Lipinski definition) is 4. The summed E-state index contributed by atoms with van der Waals surface area (Å²) in [5.74, 6) is -0.105. The number of alkyl halides is 3. The summed E-state index contributed by atoms with van der Waals surface area (Å²) in [6.45, 7) is 4.52. The summed E-state index contributed by atoms with van der Waals surface area (Å²) in [4.78, 5) is 16.7. The first-order valence-electron chi connectivity index (χ1n) is 8.55. The van der Waals surface area contributed by atoms with Crippen LogP contribution in [0, 0.1) is 0 Å². The lowest BCUT2D eigenvalue weighted by Gasteiger charge is -2.40. The fraction of sp³-hybridized carbons (Fsp3) is 0.368. The number of nitrogens with zero attached hydrogens (tertiary/aromatic N) is 2. The molecule has 0 saturated carbocycles. The normalized spacial score (nSPS) is 15.8. The van der Waals surface area contributed by atoms with Gasteiger partial charge in [-0.05, 0) is 30.7 Å². The van der Waals surface area contributed by atoms with Gasteiger partial charge in [-0.1, -0.05) is 18.2 Å². The molecule has 3 rings (SSSR count). The molecule has 5 nitrogen and oxygen atoms in total. The quantitative estimate of drug-likeness (QED) is 0.863. The molecule has 1 saturated heterocycles. The second kappa shape index (κ2) is 7.46.